The van der Waals surface area contributed by atoms with Crippen molar-refractivity contribution in [1.82, 2.24) is 0 Å². The summed E-state index contributed by atoms with van der Waals surface area (Å²) in [5.41, 5.74) is 2.26. The number of anilines is 1. The van der Waals surface area contributed by atoms with E-state index in [9.17, 15) is 4.79 Å². The standard InChI is InChI=1S/C14H12BrNO2/c1-9-8-10(2-7-13(9)15)14(18)16-11-3-5-12(17)6-4-11/h2-8,17H,1H3,(H,16,18). The number of nitrogens with one attached hydrogen (secondary N) is 1. The smallest absolute Gasteiger partial charge is 0.255 e. The Morgan fingerprint density at radius 2 is 1.83 bits per heavy atom. The van der Waals surface area contributed by atoms with E-state index in [4.69, 9.17) is 5.11 Å². The van der Waals surface area contributed by atoms with Crippen LogP contribution >= 0.6 is 15.9 Å². The molecule has 3 nitrogen and oxygen atoms in total. The number of amides is 1. The lowest BCUT2D eigenvalue weighted by atomic mass is 10.1. The minimum absolute atomic E-state index is 0.170. The third kappa shape index (κ3) is 2.90. The maximum absolute atomic E-state index is 12.0. The van der Waals surface area contributed by atoms with E-state index >= 15 is 0 Å². The predicted octanol–water partition coefficient (Wildman–Crippen LogP) is 3.72. The number of carbonyl (C=O) groups excluding carboxylic acids is 1. The number of hydrogen-bond acceptors (Lipinski definition) is 2. The number of carbonyl (C=O) groups is 1. The first-order valence-corrected chi connectivity index (χ1v) is 6.22. The van der Waals surface area contributed by atoms with Crippen LogP contribution in [0.25, 0.3) is 0 Å². The molecule has 0 heterocycles. The van der Waals surface area contributed by atoms with Crippen LogP contribution in [0.3, 0.4) is 0 Å². The van der Waals surface area contributed by atoms with Crippen LogP contribution in [0.1, 0.15) is 15.9 Å². The van der Waals surface area contributed by atoms with Crippen molar-refractivity contribution < 1.29 is 9.90 Å². The van der Waals surface area contributed by atoms with Crippen molar-refractivity contribution in [2.45, 2.75) is 6.92 Å². The molecule has 0 spiro atoms. The Morgan fingerprint density at radius 3 is 2.44 bits per heavy atom. The number of rotatable bonds is 2. The molecule has 0 fully saturated rings. The molecule has 0 atom stereocenters. The number of hydrogen-bond donors (Lipinski definition) is 2. The minimum Gasteiger partial charge on any atom is -0.508 e. The second-order valence-corrected chi connectivity index (χ2v) is 4.82. The van der Waals surface area contributed by atoms with Crippen LogP contribution < -0.4 is 5.32 Å². The summed E-state index contributed by atoms with van der Waals surface area (Å²) in [5.74, 6) is 0.00350. The van der Waals surface area contributed by atoms with Crippen LogP contribution in [0, 0.1) is 6.92 Å². The molecule has 0 saturated heterocycles. The SMILES string of the molecule is Cc1cc(C(=O)Nc2ccc(O)cc2)ccc1Br. The molecule has 1 amide bonds. The van der Waals surface area contributed by atoms with E-state index < -0.39 is 0 Å². The van der Waals surface area contributed by atoms with Gasteiger partial charge in [-0.15, -0.1) is 0 Å². The summed E-state index contributed by atoms with van der Waals surface area (Å²) in [4.78, 5) is 12.0. The highest BCUT2D eigenvalue weighted by atomic mass is 79.9. The molecule has 2 aromatic rings. The average Bonchev–Trinajstić information content (AvgIpc) is 2.35. The van der Waals surface area contributed by atoms with Crippen LogP contribution in [0.5, 0.6) is 5.75 Å². The Bertz CT molecular complexity index is 579. The number of phenolic OH excluding ortho intramolecular Hbond substituents is 1. The predicted molar refractivity (Wildman–Crippen MR) is 74.9 cm³/mol. The molecule has 0 bridgehead atoms. The number of aromatic hydroxyl groups is 1. The fourth-order valence-electron chi connectivity index (χ4n) is 1.53. The summed E-state index contributed by atoms with van der Waals surface area (Å²) >= 11 is 3.39. The molecule has 0 aliphatic heterocycles. The quantitative estimate of drug-likeness (QED) is 0.831. The second-order valence-electron chi connectivity index (χ2n) is 3.96. The molecule has 4 heteroatoms. The zero-order valence-corrected chi connectivity index (χ0v) is 11.4. The zero-order chi connectivity index (χ0) is 13.1. The van der Waals surface area contributed by atoms with Crippen molar-refractivity contribution >= 4 is 27.5 Å². The third-order valence-corrected chi connectivity index (χ3v) is 3.44. The van der Waals surface area contributed by atoms with Crippen molar-refractivity contribution in [3.8, 4) is 5.75 Å². The molecule has 92 valence electrons. The highest BCUT2D eigenvalue weighted by molar-refractivity contribution is 9.10. The van der Waals surface area contributed by atoms with Gasteiger partial charge >= 0.3 is 0 Å². The van der Waals surface area contributed by atoms with Gasteiger partial charge in [-0.25, -0.2) is 0 Å². The van der Waals surface area contributed by atoms with Crippen LogP contribution in [-0.2, 0) is 0 Å². The van der Waals surface area contributed by atoms with Crippen molar-refractivity contribution in [3.05, 3.63) is 58.1 Å². The summed E-state index contributed by atoms with van der Waals surface area (Å²) in [7, 11) is 0. The van der Waals surface area contributed by atoms with Crippen LogP contribution in [-0.4, -0.2) is 11.0 Å². The molecule has 0 aliphatic rings. The van der Waals surface area contributed by atoms with Crippen molar-refractivity contribution in [2.24, 2.45) is 0 Å². The summed E-state index contributed by atoms with van der Waals surface area (Å²) in [5, 5.41) is 11.9. The van der Waals surface area contributed by atoms with Crippen molar-refractivity contribution in [1.29, 1.82) is 0 Å². The van der Waals surface area contributed by atoms with E-state index in [1.54, 1.807) is 18.2 Å². The largest absolute Gasteiger partial charge is 0.508 e. The molecule has 2 rings (SSSR count). The van der Waals surface area contributed by atoms with Crippen LogP contribution in [0.4, 0.5) is 5.69 Å². The van der Waals surface area contributed by atoms with Gasteiger partial charge in [-0.3, -0.25) is 4.79 Å². The number of benzene rings is 2. The van der Waals surface area contributed by atoms with Gasteiger partial charge in [-0.1, -0.05) is 15.9 Å². The van der Waals surface area contributed by atoms with E-state index in [0.29, 0.717) is 11.3 Å². The Hall–Kier alpha value is -1.81. The van der Waals surface area contributed by atoms with Gasteiger partial charge in [0, 0.05) is 15.7 Å². The van der Waals surface area contributed by atoms with Gasteiger partial charge in [0.2, 0.25) is 0 Å². The van der Waals surface area contributed by atoms with Gasteiger partial charge in [0.25, 0.3) is 5.91 Å². The highest BCUT2D eigenvalue weighted by Crippen LogP contribution is 2.19. The molecule has 2 N–H and O–H groups in total. The van der Waals surface area contributed by atoms with Gasteiger partial charge < -0.3 is 10.4 Å². The molecule has 0 unspecified atom stereocenters. The van der Waals surface area contributed by atoms with Gasteiger partial charge in [-0.2, -0.15) is 0 Å². The summed E-state index contributed by atoms with van der Waals surface area (Å²) in [6, 6.07) is 11.8. The minimum atomic E-state index is -0.170. The topological polar surface area (TPSA) is 49.3 Å². The number of aryl methyl sites for hydroxylation is 1. The fraction of sp³-hybridized carbons (Fsp3) is 0.0714. The Kier molecular flexibility index (Phi) is 3.67. The van der Waals surface area contributed by atoms with E-state index in [-0.39, 0.29) is 11.7 Å². The summed E-state index contributed by atoms with van der Waals surface area (Å²) < 4.78 is 0.976. The van der Waals surface area contributed by atoms with E-state index in [2.05, 4.69) is 21.2 Å². The van der Waals surface area contributed by atoms with E-state index in [1.807, 2.05) is 19.1 Å². The van der Waals surface area contributed by atoms with Gasteiger partial charge in [0.1, 0.15) is 5.75 Å². The first-order chi connectivity index (χ1) is 8.56. The molecule has 0 saturated carbocycles. The monoisotopic (exact) mass is 305 g/mol. The van der Waals surface area contributed by atoms with Crippen molar-refractivity contribution in [3.63, 3.8) is 0 Å². The highest BCUT2D eigenvalue weighted by Gasteiger charge is 2.07. The van der Waals surface area contributed by atoms with E-state index in [1.165, 1.54) is 12.1 Å². The summed E-state index contributed by atoms with van der Waals surface area (Å²) in [6.07, 6.45) is 0. The Labute approximate surface area is 114 Å². The molecular weight excluding hydrogens is 294 g/mol. The molecule has 18 heavy (non-hydrogen) atoms. The maximum atomic E-state index is 12.0. The van der Waals surface area contributed by atoms with Crippen molar-refractivity contribution in [2.75, 3.05) is 5.32 Å². The summed E-state index contributed by atoms with van der Waals surface area (Å²) in [6.45, 7) is 1.93. The first-order valence-electron chi connectivity index (χ1n) is 5.43. The van der Waals surface area contributed by atoms with Gasteiger partial charge in [-0.05, 0) is 55.0 Å². The fourth-order valence-corrected chi connectivity index (χ4v) is 1.78. The number of phenols is 1. The lowest BCUT2D eigenvalue weighted by Crippen LogP contribution is -2.11. The molecule has 0 radical (unpaired) electrons. The Balaban J connectivity index is 2.16. The maximum Gasteiger partial charge on any atom is 0.255 e. The molecule has 2 aromatic carbocycles. The van der Waals surface area contributed by atoms with E-state index in [0.717, 1.165) is 10.0 Å². The van der Waals surface area contributed by atoms with Crippen LogP contribution in [0.15, 0.2) is 46.9 Å². The van der Waals surface area contributed by atoms with Crippen LogP contribution in [0.2, 0.25) is 0 Å². The molecule has 0 aromatic heterocycles. The average molecular weight is 306 g/mol. The molecule has 0 aliphatic carbocycles. The van der Waals surface area contributed by atoms with Gasteiger partial charge in [0.15, 0.2) is 0 Å². The third-order valence-electron chi connectivity index (χ3n) is 2.55. The number of halogens is 1. The first kappa shape index (κ1) is 12.6. The second kappa shape index (κ2) is 5.23. The normalized spacial score (nSPS) is 10.1. The lowest BCUT2D eigenvalue weighted by molar-refractivity contribution is 0.102. The molecular formula is C14H12BrNO2. The Morgan fingerprint density at radius 1 is 1.17 bits per heavy atom. The lowest BCUT2D eigenvalue weighted by Gasteiger charge is -2.06. The zero-order valence-electron chi connectivity index (χ0n) is 9.77. The van der Waals surface area contributed by atoms with Gasteiger partial charge in [0.05, 0.1) is 0 Å².